The van der Waals surface area contributed by atoms with Crippen molar-refractivity contribution in [3.63, 3.8) is 0 Å². The predicted octanol–water partition coefficient (Wildman–Crippen LogP) is 3.92. The van der Waals surface area contributed by atoms with Gasteiger partial charge in [-0.25, -0.2) is 0 Å². The molecule has 8 heteroatoms. The summed E-state index contributed by atoms with van der Waals surface area (Å²) >= 11 is 0. The predicted molar refractivity (Wildman–Crippen MR) is 74.6 cm³/mol. The van der Waals surface area contributed by atoms with Gasteiger partial charge in [0.15, 0.2) is 5.79 Å². The summed E-state index contributed by atoms with van der Waals surface area (Å²) < 4.78 is 50.8. The molecule has 0 bridgehead atoms. The number of alkyl halides is 3. The van der Waals surface area contributed by atoms with Crippen molar-refractivity contribution in [2.45, 2.75) is 31.2 Å². The Morgan fingerprint density at radius 1 is 1.22 bits per heavy atom. The Balaban J connectivity index is 1.96. The van der Waals surface area contributed by atoms with Crippen LogP contribution in [0.5, 0.6) is 0 Å². The van der Waals surface area contributed by atoms with Crippen LogP contribution in [0, 0.1) is 10.1 Å². The molecular formula is C15H14F3NO4. The summed E-state index contributed by atoms with van der Waals surface area (Å²) in [4.78, 5) is 9.90. The average Bonchev–Trinajstić information content (AvgIpc) is 2.95. The van der Waals surface area contributed by atoms with E-state index in [2.05, 4.69) is 0 Å². The molecule has 2 aliphatic rings. The Hall–Kier alpha value is -1.93. The van der Waals surface area contributed by atoms with Gasteiger partial charge >= 0.3 is 6.18 Å². The van der Waals surface area contributed by atoms with E-state index in [0.29, 0.717) is 44.1 Å². The third-order valence-corrected chi connectivity index (χ3v) is 4.11. The number of rotatable bonds is 2. The minimum Gasteiger partial charge on any atom is -0.347 e. The molecule has 5 nitrogen and oxygen atoms in total. The van der Waals surface area contributed by atoms with E-state index in [0.717, 1.165) is 6.07 Å². The minimum absolute atomic E-state index is 0.0176. The van der Waals surface area contributed by atoms with E-state index in [4.69, 9.17) is 9.47 Å². The summed E-state index contributed by atoms with van der Waals surface area (Å²) in [6.45, 7) is 0.961. The SMILES string of the molecule is O=[N+]([O-])c1ccc(C2=CCC3(CC2)OCCO3)c(C(F)(F)F)c1. The second-order valence-corrected chi connectivity index (χ2v) is 5.53. The van der Waals surface area contributed by atoms with Crippen molar-refractivity contribution in [1.29, 1.82) is 0 Å². The highest BCUT2D eigenvalue weighted by Gasteiger charge is 2.40. The maximum Gasteiger partial charge on any atom is 0.417 e. The first-order chi connectivity index (χ1) is 10.8. The minimum atomic E-state index is -4.66. The van der Waals surface area contributed by atoms with Gasteiger partial charge < -0.3 is 9.47 Å². The number of hydrogen-bond acceptors (Lipinski definition) is 4. The van der Waals surface area contributed by atoms with Crippen LogP contribution in [0.3, 0.4) is 0 Å². The third kappa shape index (κ3) is 3.09. The quantitative estimate of drug-likeness (QED) is 0.609. The smallest absolute Gasteiger partial charge is 0.347 e. The first-order valence-corrected chi connectivity index (χ1v) is 7.14. The Morgan fingerprint density at radius 2 is 1.91 bits per heavy atom. The molecule has 1 aromatic carbocycles. The van der Waals surface area contributed by atoms with Crippen molar-refractivity contribution in [2.75, 3.05) is 13.2 Å². The topological polar surface area (TPSA) is 61.6 Å². The zero-order chi connectivity index (χ0) is 16.7. The molecule has 0 saturated carbocycles. The fraction of sp³-hybridized carbons (Fsp3) is 0.467. The van der Waals surface area contributed by atoms with Gasteiger partial charge in [0.2, 0.25) is 0 Å². The molecule has 0 unspecified atom stereocenters. The standard InChI is InChI=1S/C15H14F3NO4/c16-15(17,18)13-9-11(19(20)21)1-2-12(13)10-3-5-14(6-4-10)22-7-8-23-14/h1-3,9H,4-8H2. The van der Waals surface area contributed by atoms with E-state index in [1.165, 1.54) is 6.07 Å². The lowest BCUT2D eigenvalue weighted by Gasteiger charge is -2.31. The Morgan fingerprint density at radius 3 is 2.43 bits per heavy atom. The van der Waals surface area contributed by atoms with E-state index in [-0.39, 0.29) is 5.56 Å². The normalized spacial score (nSPS) is 20.6. The van der Waals surface area contributed by atoms with Crippen LogP contribution in [-0.4, -0.2) is 23.9 Å². The largest absolute Gasteiger partial charge is 0.417 e. The molecule has 1 spiro atoms. The zero-order valence-electron chi connectivity index (χ0n) is 12.1. The van der Waals surface area contributed by atoms with Gasteiger partial charge in [0, 0.05) is 25.0 Å². The van der Waals surface area contributed by atoms with E-state index in [1.807, 2.05) is 0 Å². The molecule has 1 saturated heterocycles. The molecule has 0 aromatic heterocycles. The van der Waals surface area contributed by atoms with E-state index in [9.17, 15) is 23.3 Å². The summed E-state index contributed by atoms with van der Waals surface area (Å²) in [6, 6.07) is 2.85. The molecule has 0 radical (unpaired) electrons. The van der Waals surface area contributed by atoms with Gasteiger partial charge in [-0.3, -0.25) is 10.1 Å². The van der Waals surface area contributed by atoms with Crippen LogP contribution >= 0.6 is 0 Å². The lowest BCUT2D eigenvalue weighted by molar-refractivity contribution is -0.385. The van der Waals surface area contributed by atoms with Crippen molar-refractivity contribution >= 4 is 11.3 Å². The van der Waals surface area contributed by atoms with Gasteiger partial charge in [-0.2, -0.15) is 13.2 Å². The molecule has 23 heavy (non-hydrogen) atoms. The maximum atomic E-state index is 13.2. The number of nitro groups is 1. The van der Waals surface area contributed by atoms with E-state index >= 15 is 0 Å². The summed E-state index contributed by atoms with van der Waals surface area (Å²) in [7, 11) is 0. The van der Waals surface area contributed by atoms with Crippen molar-refractivity contribution in [1.82, 2.24) is 0 Å². The molecule has 1 fully saturated rings. The van der Waals surface area contributed by atoms with Crippen molar-refractivity contribution < 1.29 is 27.6 Å². The van der Waals surface area contributed by atoms with Crippen LogP contribution in [0.1, 0.15) is 30.4 Å². The number of benzene rings is 1. The van der Waals surface area contributed by atoms with Crippen molar-refractivity contribution in [3.05, 3.63) is 45.5 Å². The molecule has 3 rings (SSSR count). The number of non-ortho nitro benzene ring substituents is 1. The Kier molecular flexibility index (Phi) is 3.89. The van der Waals surface area contributed by atoms with Crippen molar-refractivity contribution in [3.8, 4) is 0 Å². The number of nitro benzene ring substituents is 1. The average molecular weight is 329 g/mol. The lowest BCUT2D eigenvalue weighted by atomic mass is 9.87. The Labute approximate surface area is 129 Å². The van der Waals surface area contributed by atoms with Gasteiger partial charge in [-0.15, -0.1) is 0 Å². The molecule has 0 N–H and O–H groups in total. The van der Waals surface area contributed by atoms with Crippen LogP contribution < -0.4 is 0 Å². The van der Waals surface area contributed by atoms with E-state index < -0.39 is 28.1 Å². The van der Waals surface area contributed by atoms with Crippen LogP contribution in [0.2, 0.25) is 0 Å². The monoisotopic (exact) mass is 329 g/mol. The van der Waals surface area contributed by atoms with Gasteiger partial charge in [-0.05, 0) is 23.6 Å². The molecule has 1 aliphatic heterocycles. The molecule has 124 valence electrons. The van der Waals surface area contributed by atoms with Gasteiger partial charge in [0.25, 0.3) is 5.69 Å². The van der Waals surface area contributed by atoms with Crippen LogP contribution in [-0.2, 0) is 15.7 Å². The summed E-state index contributed by atoms with van der Waals surface area (Å²) in [5.41, 5.74) is -1.06. The molecular weight excluding hydrogens is 315 g/mol. The highest BCUT2D eigenvalue weighted by atomic mass is 19.4. The molecule has 0 amide bonds. The fourth-order valence-electron chi connectivity index (χ4n) is 2.97. The number of allylic oxidation sites excluding steroid dienone is 1. The van der Waals surface area contributed by atoms with Gasteiger partial charge in [0.05, 0.1) is 23.7 Å². The third-order valence-electron chi connectivity index (χ3n) is 4.11. The molecule has 1 aromatic rings. The van der Waals surface area contributed by atoms with Gasteiger partial charge in [-0.1, -0.05) is 6.08 Å². The number of hydrogen-bond donors (Lipinski definition) is 0. The molecule has 0 atom stereocenters. The van der Waals surface area contributed by atoms with Crippen LogP contribution in [0.4, 0.5) is 18.9 Å². The lowest BCUT2D eigenvalue weighted by Crippen LogP contribution is -2.31. The zero-order valence-corrected chi connectivity index (χ0v) is 12.1. The van der Waals surface area contributed by atoms with Gasteiger partial charge in [0.1, 0.15) is 0 Å². The van der Waals surface area contributed by atoms with Crippen molar-refractivity contribution in [2.24, 2.45) is 0 Å². The summed E-state index contributed by atoms with van der Waals surface area (Å²) in [5.74, 6) is -0.720. The first-order valence-electron chi connectivity index (χ1n) is 7.14. The second-order valence-electron chi connectivity index (χ2n) is 5.53. The highest BCUT2D eigenvalue weighted by molar-refractivity contribution is 5.71. The van der Waals surface area contributed by atoms with Crippen LogP contribution in [0.15, 0.2) is 24.3 Å². The first kappa shape index (κ1) is 15.9. The maximum absolute atomic E-state index is 13.2. The second kappa shape index (κ2) is 5.61. The van der Waals surface area contributed by atoms with Crippen LogP contribution in [0.25, 0.3) is 5.57 Å². The molecule has 1 heterocycles. The number of nitrogens with zero attached hydrogens (tertiary/aromatic N) is 1. The number of ether oxygens (including phenoxy) is 2. The number of halogens is 3. The van der Waals surface area contributed by atoms with E-state index in [1.54, 1.807) is 6.08 Å². The fourth-order valence-corrected chi connectivity index (χ4v) is 2.97. The molecule has 1 aliphatic carbocycles. The highest BCUT2D eigenvalue weighted by Crippen LogP contribution is 2.43. The summed E-state index contributed by atoms with van der Waals surface area (Å²) in [5, 5.41) is 10.7. The summed E-state index contributed by atoms with van der Waals surface area (Å²) in [6.07, 6.45) is -1.78. The Bertz CT molecular complexity index is 663.